The third-order valence-corrected chi connectivity index (χ3v) is 3.79. The summed E-state index contributed by atoms with van der Waals surface area (Å²) in [5, 5.41) is 6.84. The van der Waals surface area contributed by atoms with Crippen LogP contribution in [-0.4, -0.2) is 32.1 Å². The normalized spacial score (nSPS) is 18.4. The maximum Gasteiger partial charge on any atom is 0.451 e. The minimum absolute atomic E-state index is 0.00412. The van der Waals surface area contributed by atoms with Gasteiger partial charge in [-0.25, -0.2) is 0 Å². The molecule has 1 amide bonds. The average Bonchev–Trinajstić information content (AvgIpc) is 3.04. The molecule has 22 heavy (non-hydrogen) atoms. The highest BCUT2D eigenvalue weighted by Gasteiger charge is 2.42. The van der Waals surface area contributed by atoms with Crippen LogP contribution in [0.3, 0.4) is 0 Å². The molecule has 2 aromatic rings. The summed E-state index contributed by atoms with van der Waals surface area (Å²) >= 11 is 0. The Balaban J connectivity index is 1.93. The van der Waals surface area contributed by atoms with Gasteiger partial charge in [-0.2, -0.15) is 13.2 Å². The predicted octanol–water partition coefficient (Wildman–Crippen LogP) is 2.42. The fraction of sp³-hybridized carbons (Fsp3) is 0.462. The first-order valence-electron chi connectivity index (χ1n) is 6.66. The molecule has 0 fully saturated rings. The fourth-order valence-electron chi connectivity index (χ4n) is 2.63. The predicted molar refractivity (Wildman–Crippen MR) is 67.9 cm³/mol. The smallest absolute Gasteiger partial charge is 0.451 e. The first kappa shape index (κ1) is 14.6. The topological polar surface area (TPSA) is 64.2 Å². The Bertz CT molecular complexity index is 719. The molecule has 9 heteroatoms. The zero-order valence-corrected chi connectivity index (χ0v) is 11.9. The highest BCUT2D eigenvalue weighted by Crippen LogP contribution is 2.33. The van der Waals surface area contributed by atoms with E-state index in [4.69, 9.17) is 4.42 Å². The number of rotatable bonds is 1. The molecule has 0 bridgehead atoms. The lowest BCUT2D eigenvalue weighted by atomic mass is 10.1. The summed E-state index contributed by atoms with van der Waals surface area (Å²) in [5.74, 6) is -0.712. The molecule has 6 nitrogen and oxygen atoms in total. The van der Waals surface area contributed by atoms with E-state index in [2.05, 4.69) is 10.2 Å². The Morgan fingerprint density at radius 1 is 1.36 bits per heavy atom. The summed E-state index contributed by atoms with van der Waals surface area (Å²) < 4.78 is 44.7. The van der Waals surface area contributed by atoms with E-state index in [1.54, 1.807) is 19.9 Å². The Hall–Kier alpha value is -2.32. The van der Waals surface area contributed by atoms with E-state index in [0.717, 1.165) is 4.57 Å². The molecular formula is C13H13F3N4O2. The van der Waals surface area contributed by atoms with Gasteiger partial charge in [0, 0.05) is 13.1 Å². The molecule has 1 aliphatic heterocycles. The monoisotopic (exact) mass is 314 g/mol. The lowest BCUT2D eigenvalue weighted by Crippen LogP contribution is -2.42. The quantitative estimate of drug-likeness (QED) is 0.811. The molecule has 1 aliphatic rings. The van der Waals surface area contributed by atoms with Crippen molar-refractivity contribution >= 4 is 5.91 Å². The summed E-state index contributed by atoms with van der Waals surface area (Å²) in [4.78, 5) is 14.0. The summed E-state index contributed by atoms with van der Waals surface area (Å²) in [6.45, 7) is 3.45. The summed E-state index contributed by atoms with van der Waals surface area (Å²) in [6.07, 6.45) is -3.15. The number of carbonyl (C=O) groups is 1. The largest absolute Gasteiger partial charge is 0.469 e. The van der Waals surface area contributed by atoms with Gasteiger partial charge < -0.3 is 13.9 Å². The molecule has 118 valence electrons. The van der Waals surface area contributed by atoms with Crippen LogP contribution in [-0.2, 0) is 12.7 Å². The molecule has 0 N–H and O–H groups in total. The van der Waals surface area contributed by atoms with Gasteiger partial charge in [0.2, 0.25) is 5.82 Å². The van der Waals surface area contributed by atoms with Crippen LogP contribution in [0, 0.1) is 6.92 Å². The highest BCUT2D eigenvalue weighted by atomic mass is 19.4. The average molecular weight is 314 g/mol. The number of amides is 1. The maximum absolute atomic E-state index is 12.9. The number of nitrogens with zero attached hydrogens (tertiary/aromatic N) is 4. The summed E-state index contributed by atoms with van der Waals surface area (Å²) in [5.41, 5.74) is 0.399. The van der Waals surface area contributed by atoms with Crippen molar-refractivity contribution in [1.82, 2.24) is 19.7 Å². The van der Waals surface area contributed by atoms with Gasteiger partial charge >= 0.3 is 6.18 Å². The minimum Gasteiger partial charge on any atom is -0.469 e. The molecule has 0 spiro atoms. The van der Waals surface area contributed by atoms with Crippen molar-refractivity contribution in [2.75, 3.05) is 6.54 Å². The molecule has 0 saturated carbocycles. The zero-order valence-electron chi connectivity index (χ0n) is 11.9. The maximum atomic E-state index is 12.9. The van der Waals surface area contributed by atoms with Gasteiger partial charge in [0.1, 0.15) is 5.76 Å². The van der Waals surface area contributed by atoms with Crippen LogP contribution in [0.5, 0.6) is 0 Å². The van der Waals surface area contributed by atoms with Gasteiger partial charge in [-0.1, -0.05) is 0 Å². The highest BCUT2D eigenvalue weighted by molar-refractivity contribution is 5.95. The first-order chi connectivity index (χ1) is 10.3. The minimum atomic E-state index is -4.56. The van der Waals surface area contributed by atoms with Gasteiger partial charge in [-0.15, -0.1) is 10.2 Å². The molecule has 3 rings (SSSR count). The van der Waals surface area contributed by atoms with Crippen LogP contribution in [0.2, 0.25) is 0 Å². The number of hydrogen-bond acceptors (Lipinski definition) is 4. The van der Waals surface area contributed by atoms with E-state index < -0.39 is 18.0 Å². The van der Waals surface area contributed by atoms with Crippen molar-refractivity contribution in [2.24, 2.45) is 0 Å². The number of fused-ring (bicyclic) bond motifs is 1. The second-order valence-electron chi connectivity index (χ2n) is 5.10. The Morgan fingerprint density at radius 3 is 2.68 bits per heavy atom. The van der Waals surface area contributed by atoms with E-state index in [1.807, 2.05) is 0 Å². The SMILES string of the molecule is Cc1occc1C(=O)N1CCn2c(nnc2C(F)(F)F)C1C. The number of halogens is 3. The molecule has 0 aliphatic carbocycles. The lowest BCUT2D eigenvalue weighted by Gasteiger charge is -2.33. The van der Waals surface area contributed by atoms with E-state index in [-0.39, 0.29) is 24.8 Å². The number of carbonyl (C=O) groups excluding carboxylic acids is 1. The molecule has 0 radical (unpaired) electrons. The van der Waals surface area contributed by atoms with Crippen molar-refractivity contribution in [3.8, 4) is 0 Å². The number of hydrogen-bond donors (Lipinski definition) is 0. The third kappa shape index (κ3) is 2.16. The van der Waals surface area contributed by atoms with Gasteiger partial charge in [-0.05, 0) is 19.9 Å². The molecule has 1 unspecified atom stereocenters. The van der Waals surface area contributed by atoms with Crippen LogP contribution in [0.25, 0.3) is 0 Å². The second-order valence-corrected chi connectivity index (χ2v) is 5.10. The molecule has 0 aromatic carbocycles. The van der Waals surface area contributed by atoms with E-state index in [9.17, 15) is 18.0 Å². The van der Waals surface area contributed by atoms with E-state index in [0.29, 0.717) is 11.3 Å². The molecule has 0 saturated heterocycles. The van der Waals surface area contributed by atoms with Crippen LogP contribution < -0.4 is 0 Å². The van der Waals surface area contributed by atoms with Crippen LogP contribution >= 0.6 is 0 Å². The number of aromatic nitrogens is 3. The molecule has 1 atom stereocenters. The van der Waals surface area contributed by atoms with Crippen molar-refractivity contribution in [1.29, 1.82) is 0 Å². The third-order valence-electron chi connectivity index (χ3n) is 3.79. The second kappa shape index (κ2) is 4.85. The van der Waals surface area contributed by atoms with Gasteiger partial charge in [-0.3, -0.25) is 4.79 Å². The van der Waals surface area contributed by atoms with Crippen molar-refractivity contribution in [3.63, 3.8) is 0 Å². The van der Waals surface area contributed by atoms with Gasteiger partial charge in [0.25, 0.3) is 5.91 Å². The standard InChI is InChI=1S/C13H13F3N4O2/c1-7-10-17-18-12(13(14,15)16)20(10)5-4-19(7)11(21)9-3-6-22-8(9)2/h3,6-7H,4-5H2,1-2H3. The van der Waals surface area contributed by atoms with Crippen LogP contribution in [0.15, 0.2) is 16.7 Å². The molecular weight excluding hydrogens is 301 g/mol. The fourth-order valence-corrected chi connectivity index (χ4v) is 2.63. The first-order valence-corrected chi connectivity index (χ1v) is 6.66. The summed E-state index contributed by atoms with van der Waals surface area (Å²) in [6, 6.07) is 0.948. The van der Waals surface area contributed by atoms with E-state index in [1.165, 1.54) is 11.2 Å². The van der Waals surface area contributed by atoms with Gasteiger partial charge in [0.15, 0.2) is 5.82 Å². The van der Waals surface area contributed by atoms with Gasteiger partial charge in [0.05, 0.1) is 17.9 Å². The Labute approximate surface area is 123 Å². The summed E-state index contributed by atoms with van der Waals surface area (Å²) in [7, 11) is 0. The van der Waals surface area contributed by atoms with Crippen molar-refractivity contribution < 1.29 is 22.4 Å². The van der Waals surface area contributed by atoms with Crippen LogP contribution in [0.4, 0.5) is 13.2 Å². The van der Waals surface area contributed by atoms with Crippen molar-refractivity contribution in [3.05, 3.63) is 35.3 Å². The number of aryl methyl sites for hydroxylation is 1. The Morgan fingerprint density at radius 2 is 2.09 bits per heavy atom. The number of furan rings is 1. The van der Waals surface area contributed by atoms with Crippen molar-refractivity contribution in [2.45, 2.75) is 32.6 Å². The zero-order chi connectivity index (χ0) is 16.1. The molecule has 2 aromatic heterocycles. The number of alkyl halides is 3. The lowest BCUT2D eigenvalue weighted by molar-refractivity contribution is -0.148. The van der Waals surface area contributed by atoms with E-state index >= 15 is 0 Å². The van der Waals surface area contributed by atoms with Crippen LogP contribution in [0.1, 0.15) is 40.7 Å². The molecule has 3 heterocycles. The Kier molecular flexibility index (Phi) is 3.22.